The Hall–Kier alpha value is -1.71. The standard InChI is InChI=1S/C13H18N2O2/c1-8(6-9-2-3-9)15-13(17)10-4-5-11(14)12(16)7-10/h4-5,7-9,16H,2-3,6,14H2,1H3,(H,15,17). The summed E-state index contributed by atoms with van der Waals surface area (Å²) in [6, 6.07) is 4.73. The Balaban J connectivity index is 1.95. The fourth-order valence-corrected chi connectivity index (χ4v) is 1.90. The number of nitrogens with one attached hydrogen (secondary N) is 1. The number of phenols is 1. The van der Waals surface area contributed by atoms with Crippen LogP contribution in [-0.4, -0.2) is 17.1 Å². The molecule has 1 unspecified atom stereocenters. The van der Waals surface area contributed by atoms with Gasteiger partial charge >= 0.3 is 0 Å². The fourth-order valence-electron chi connectivity index (χ4n) is 1.90. The number of amides is 1. The number of rotatable bonds is 4. The van der Waals surface area contributed by atoms with Gasteiger partial charge in [0.05, 0.1) is 5.69 Å². The topological polar surface area (TPSA) is 75.4 Å². The monoisotopic (exact) mass is 234 g/mol. The van der Waals surface area contributed by atoms with E-state index in [1.165, 1.54) is 25.0 Å². The summed E-state index contributed by atoms with van der Waals surface area (Å²) in [4.78, 5) is 11.9. The molecule has 1 aromatic carbocycles. The maximum Gasteiger partial charge on any atom is 0.251 e. The molecule has 1 atom stereocenters. The summed E-state index contributed by atoms with van der Waals surface area (Å²) in [6.45, 7) is 2.01. The van der Waals surface area contributed by atoms with E-state index in [1.54, 1.807) is 6.07 Å². The van der Waals surface area contributed by atoms with Gasteiger partial charge in [-0.05, 0) is 37.5 Å². The summed E-state index contributed by atoms with van der Waals surface area (Å²) in [5.74, 6) is 0.575. The molecule has 1 aromatic rings. The number of carbonyl (C=O) groups is 1. The van der Waals surface area contributed by atoms with E-state index in [1.807, 2.05) is 6.92 Å². The SMILES string of the molecule is CC(CC1CC1)NC(=O)c1ccc(N)c(O)c1. The second-order valence-corrected chi connectivity index (χ2v) is 4.83. The van der Waals surface area contributed by atoms with Gasteiger partial charge in [-0.15, -0.1) is 0 Å². The first-order chi connectivity index (χ1) is 8.06. The number of benzene rings is 1. The Bertz CT molecular complexity index is 427. The molecule has 4 nitrogen and oxygen atoms in total. The number of nitrogens with two attached hydrogens (primary N) is 1. The maximum absolute atomic E-state index is 11.9. The van der Waals surface area contributed by atoms with Crippen LogP contribution >= 0.6 is 0 Å². The number of aromatic hydroxyl groups is 1. The molecule has 4 N–H and O–H groups in total. The normalized spacial score (nSPS) is 16.5. The van der Waals surface area contributed by atoms with Crippen LogP contribution < -0.4 is 11.1 Å². The molecule has 1 aliphatic rings. The highest BCUT2D eigenvalue weighted by Gasteiger charge is 2.24. The molecule has 17 heavy (non-hydrogen) atoms. The predicted molar refractivity (Wildman–Crippen MR) is 66.8 cm³/mol. The van der Waals surface area contributed by atoms with Gasteiger partial charge in [-0.3, -0.25) is 4.79 Å². The average Bonchev–Trinajstić information content (AvgIpc) is 3.05. The Kier molecular flexibility index (Phi) is 3.22. The fraction of sp³-hybridized carbons (Fsp3) is 0.462. The van der Waals surface area contributed by atoms with E-state index in [-0.39, 0.29) is 23.4 Å². The van der Waals surface area contributed by atoms with Gasteiger partial charge in [-0.25, -0.2) is 0 Å². The van der Waals surface area contributed by atoms with Crippen molar-refractivity contribution >= 4 is 11.6 Å². The zero-order valence-corrected chi connectivity index (χ0v) is 9.94. The van der Waals surface area contributed by atoms with Gasteiger partial charge in [-0.2, -0.15) is 0 Å². The van der Waals surface area contributed by atoms with Crippen molar-refractivity contribution < 1.29 is 9.90 Å². The van der Waals surface area contributed by atoms with Gasteiger partial charge < -0.3 is 16.2 Å². The Morgan fingerprint density at radius 3 is 2.88 bits per heavy atom. The van der Waals surface area contributed by atoms with Crippen LogP contribution in [-0.2, 0) is 0 Å². The van der Waals surface area contributed by atoms with Crippen LogP contribution in [0.2, 0.25) is 0 Å². The molecule has 1 aliphatic carbocycles. The number of phenolic OH excluding ortho intramolecular Hbond substituents is 1. The molecule has 92 valence electrons. The van der Waals surface area contributed by atoms with Crippen LogP contribution in [0, 0.1) is 5.92 Å². The molecular formula is C13H18N2O2. The minimum atomic E-state index is -0.159. The zero-order chi connectivity index (χ0) is 12.4. The Morgan fingerprint density at radius 2 is 2.29 bits per heavy atom. The molecular weight excluding hydrogens is 216 g/mol. The van der Waals surface area contributed by atoms with E-state index >= 15 is 0 Å². The first-order valence-corrected chi connectivity index (χ1v) is 5.95. The highest BCUT2D eigenvalue weighted by molar-refractivity contribution is 5.95. The van der Waals surface area contributed by atoms with Crippen molar-refractivity contribution in [2.75, 3.05) is 5.73 Å². The summed E-state index contributed by atoms with van der Waals surface area (Å²) in [7, 11) is 0. The van der Waals surface area contributed by atoms with Crippen molar-refractivity contribution in [3.05, 3.63) is 23.8 Å². The van der Waals surface area contributed by atoms with Crippen molar-refractivity contribution in [1.82, 2.24) is 5.32 Å². The van der Waals surface area contributed by atoms with Gasteiger partial charge in [0.15, 0.2) is 0 Å². The van der Waals surface area contributed by atoms with Gasteiger partial charge in [0.25, 0.3) is 5.91 Å². The lowest BCUT2D eigenvalue weighted by molar-refractivity contribution is 0.0937. The van der Waals surface area contributed by atoms with Crippen molar-refractivity contribution in [3.63, 3.8) is 0 Å². The number of carbonyl (C=O) groups excluding carboxylic acids is 1. The third-order valence-corrected chi connectivity index (χ3v) is 3.05. The van der Waals surface area contributed by atoms with Gasteiger partial charge in [0.1, 0.15) is 5.75 Å². The molecule has 4 heteroatoms. The minimum absolute atomic E-state index is 0.0486. The van der Waals surface area contributed by atoms with Gasteiger partial charge in [-0.1, -0.05) is 12.8 Å². The van der Waals surface area contributed by atoms with Crippen molar-refractivity contribution in [1.29, 1.82) is 0 Å². The van der Waals surface area contributed by atoms with Crippen molar-refractivity contribution in [2.24, 2.45) is 5.92 Å². The van der Waals surface area contributed by atoms with E-state index in [4.69, 9.17) is 5.73 Å². The molecule has 0 bridgehead atoms. The maximum atomic E-state index is 11.9. The first-order valence-electron chi connectivity index (χ1n) is 5.95. The largest absolute Gasteiger partial charge is 0.506 e. The third-order valence-electron chi connectivity index (χ3n) is 3.05. The highest BCUT2D eigenvalue weighted by atomic mass is 16.3. The number of hydrogen-bond donors (Lipinski definition) is 3. The second kappa shape index (κ2) is 4.65. The molecule has 0 heterocycles. The molecule has 2 rings (SSSR count). The van der Waals surface area contributed by atoms with Gasteiger partial charge in [0.2, 0.25) is 0 Å². The molecule has 1 amide bonds. The van der Waals surface area contributed by atoms with Gasteiger partial charge in [0, 0.05) is 11.6 Å². The zero-order valence-electron chi connectivity index (χ0n) is 9.94. The average molecular weight is 234 g/mol. The summed E-state index contributed by atoms with van der Waals surface area (Å²) in [6.07, 6.45) is 3.60. The molecule has 0 spiro atoms. The number of anilines is 1. The van der Waals surface area contributed by atoms with E-state index in [9.17, 15) is 9.90 Å². The van der Waals surface area contributed by atoms with Crippen LogP contribution in [0.3, 0.4) is 0 Å². The van der Waals surface area contributed by atoms with Crippen LogP contribution in [0.1, 0.15) is 36.5 Å². The van der Waals surface area contributed by atoms with Crippen molar-refractivity contribution in [2.45, 2.75) is 32.2 Å². The molecule has 1 fully saturated rings. The summed E-state index contributed by atoms with van der Waals surface area (Å²) in [5, 5.41) is 12.4. The Morgan fingerprint density at radius 1 is 1.59 bits per heavy atom. The lowest BCUT2D eigenvalue weighted by Gasteiger charge is -2.13. The Labute approximate surface area is 101 Å². The molecule has 0 radical (unpaired) electrons. The molecule has 0 aromatic heterocycles. The first kappa shape index (κ1) is 11.8. The third kappa shape index (κ3) is 3.12. The minimum Gasteiger partial charge on any atom is -0.506 e. The van der Waals surface area contributed by atoms with Crippen molar-refractivity contribution in [3.8, 4) is 5.75 Å². The van der Waals surface area contributed by atoms with Crippen LogP contribution in [0.5, 0.6) is 5.75 Å². The lowest BCUT2D eigenvalue weighted by Crippen LogP contribution is -2.32. The summed E-state index contributed by atoms with van der Waals surface area (Å²) >= 11 is 0. The van der Waals surface area contributed by atoms with Crippen LogP contribution in [0.25, 0.3) is 0 Å². The van der Waals surface area contributed by atoms with Crippen LogP contribution in [0.4, 0.5) is 5.69 Å². The smallest absolute Gasteiger partial charge is 0.251 e. The quantitative estimate of drug-likeness (QED) is 0.550. The van der Waals surface area contributed by atoms with E-state index in [0.717, 1.165) is 12.3 Å². The van der Waals surface area contributed by atoms with E-state index in [2.05, 4.69) is 5.32 Å². The molecule has 1 saturated carbocycles. The second-order valence-electron chi connectivity index (χ2n) is 4.83. The number of nitrogen functional groups attached to an aromatic ring is 1. The summed E-state index contributed by atoms with van der Waals surface area (Å²) in [5.41, 5.74) is 6.21. The van der Waals surface area contributed by atoms with E-state index < -0.39 is 0 Å². The lowest BCUT2D eigenvalue weighted by atomic mass is 10.1. The van der Waals surface area contributed by atoms with Crippen LogP contribution in [0.15, 0.2) is 18.2 Å². The molecule has 0 saturated heterocycles. The number of hydrogen-bond acceptors (Lipinski definition) is 3. The highest BCUT2D eigenvalue weighted by Crippen LogP contribution is 2.33. The van der Waals surface area contributed by atoms with E-state index in [0.29, 0.717) is 5.56 Å². The summed E-state index contributed by atoms with van der Waals surface area (Å²) < 4.78 is 0. The molecule has 0 aliphatic heterocycles. The predicted octanol–water partition coefficient (Wildman–Crippen LogP) is 1.89.